The maximum absolute atomic E-state index is 13.0. The summed E-state index contributed by atoms with van der Waals surface area (Å²) in [4.78, 5) is 27.6. The van der Waals surface area contributed by atoms with Gasteiger partial charge in [0.15, 0.2) is 5.78 Å². The first-order valence-electron chi connectivity index (χ1n) is 11.4. The zero-order valence-corrected chi connectivity index (χ0v) is 17.5. The van der Waals surface area contributed by atoms with E-state index in [4.69, 9.17) is 0 Å². The van der Waals surface area contributed by atoms with Crippen LogP contribution in [-0.2, 0) is 13.0 Å². The molecule has 1 fully saturated rings. The van der Waals surface area contributed by atoms with Gasteiger partial charge in [-0.2, -0.15) is 0 Å². The van der Waals surface area contributed by atoms with E-state index in [-0.39, 0.29) is 5.78 Å². The number of rotatable bonds is 6. The number of benzene rings is 1. The summed E-state index contributed by atoms with van der Waals surface area (Å²) < 4.78 is 0. The Bertz CT molecular complexity index is 1010. The fourth-order valence-corrected chi connectivity index (χ4v) is 5.27. The zero-order valence-electron chi connectivity index (χ0n) is 17.5. The average Bonchev–Trinajstić information content (AvgIpc) is 3.26. The van der Waals surface area contributed by atoms with Crippen molar-refractivity contribution in [3.63, 3.8) is 0 Å². The number of aromatic amines is 1. The molecule has 0 atom stereocenters. The van der Waals surface area contributed by atoms with Crippen LogP contribution in [-0.4, -0.2) is 38.7 Å². The largest absolute Gasteiger partial charge is 0.347 e. The Morgan fingerprint density at radius 3 is 2.83 bits per heavy atom. The molecule has 0 amide bonds. The lowest BCUT2D eigenvalue weighted by Crippen LogP contribution is -2.32. The zero-order chi connectivity index (χ0) is 20.3. The van der Waals surface area contributed by atoms with Crippen LogP contribution < -0.4 is 0 Å². The first-order chi connectivity index (χ1) is 14.8. The van der Waals surface area contributed by atoms with Gasteiger partial charge < -0.3 is 4.98 Å². The number of imidazole rings is 1. The normalized spacial score (nSPS) is 22.1. The molecular weight excluding hydrogens is 372 g/mol. The smallest absolute Gasteiger partial charge is 0.163 e. The van der Waals surface area contributed by atoms with Gasteiger partial charge in [0.2, 0.25) is 0 Å². The fraction of sp³-hybridized carbons (Fsp3) is 0.480. The lowest BCUT2D eigenvalue weighted by Gasteiger charge is -2.31. The third-order valence-corrected chi connectivity index (χ3v) is 7.09. The molecule has 1 aliphatic carbocycles. The monoisotopic (exact) mass is 402 g/mol. The molecule has 2 aromatic heterocycles. The minimum atomic E-state index is 0.278. The molecule has 0 radical (unpaired) electrons. The molecule has 156 valence electrons. The third kappa shape index (κ3) is 4.17. The fourth-order valence-electron chi connectivity index (χ4n) is 5.27. The SMILES string of the molecule is O=C(CC1CCC(CCN2CCc3nc[nH]c3C2)CC1)c1cccc2ncccc12. The summed E-state index contributed by atoms with van der Waals surface area (Å²) in [5.74, 6) is 1.62. The Morgan fingerprint density at radius 1 is 1.07 bits per heavy atom. The van der Waals surface area contributed by atoms with Gasteiger partial charge in [-0.05, 0) is 49.8 Å². The Balaban J connectivity index is 1.10. The van der Waals surface area contributed by atoms with E-state index >= 15 is 0 Å². The number of carbonyl (C=O) groups excluding carboxylic acids is 1. The van der Waals surface area contributed by atoms with E-state index in [1.54, 1.807) is 6.20 Å². The molecule has 5 nitrogen and oxygen atoms in total. The van der Waals surface area contributed by atoms with Crippen molar-refractivity contribution >= 4 is 16.7 Å². The van der Waals surface area contributed by atoms with Gasteiger partial charge in [-0.15, -0.1) is 0 Å². The van der Waals surface area contributed by atoms with E-state index in [2.05, 4.69) is 19.9 Å². The quantitative estimate of drug-likeness (QED) is 0.603. The molecule has 30 heavy (non-hydrogen) atoms. The van der Waals surface area contributed by atoms with Crippen molar-refractivity contribution in [3.8, 4) is 0 Å². The number of carbonyl (C=O) groups is 1. The molecule has 3 aromatic rings. The van der Waals surface area contributed by atoms with Crippen LogP contribution in [0.5, 0.6) is 0 Å². The molecule has 1 aliphatic heterocycles. The summed E-state index contributed by atoms with van der Waals surface area (Å²) in [6.45, 7) is 3.32. The third-order valence-electron chi connectivity index (χ3n) is 7.09. The summed E-state index contributed by atoms with van der Waals surface area (Å²) in [5.41, 5.74) is 4.29. The number of pyridine rings is 1. The highest BCUT2D eigenvalue weighted by molar-refractivity contribution is 6.07. The summed E-state index contributed by atoms with van der Waals surface area (Å²) in [5, 5.41) is 0.987. The molecule has 0 spiro atoms. The summed E-state index contributed by atoms with van der Waals surface area (Å²) in [6.07, 6.45) is 11.5. The number of nitrogens with zero attached hydrogens (tertiary/aromatic N) is 3. The summed E-state index contributed by atoms with van der Waals surface area (Å²) in [7, 11) is 0. The first-order valence-corrected chi connectivity index (χ1v) is 11.4. The van der Waals surface area contributed by atoms with Crippen LogP contribution in [0.4, 0.5) is 0 Å². The summed E-state index contributed by atoms with van der Waals surface area (Å²) >= 11 is 0. The number of hydrogen-bond acceptors (Lipinski definition) is 4. The van der Waals surface area contributed by atoms with Gasteiger partial charge in [0.25, 0.3) is 0 Å². The number of aromatic nitrogens is 3. The Kier molecular flexibility index (Phi) is 5.63. The van der Waals surface area contributed by atoms with Gasteiger partial charge in [0, 0.05) is 43.1 Å². The highest BCUT2D eigenvalue weighted by atomic mass is 16.1. The Morgan fingerprint density at radius 2 is 1.93 bits per heavy atom. The van der Waals surface area contributed by atoms with Crippen molar-refractivity contribution in [1.29, 1.82) is 0 Å². The number of fused-ring (bicyclic) bond motifs is 2. The van der Waals surface area contributed by atoms with Gasteiger partial charge in [-0.1, -0.05) is 31.0 Å². The van der Waals surface area contributed by atoms with Gasteiger partial charge in [-0.3, -0.25) is 14.7 Å². The number of ketones is 1. The van der Waals surface area contributed by atoms with Crippen LogP contribution in [0, 0.1) is 11.8 Å². The van der Waals surface area contributed by atoms with Gasteiger partial charge in [0.05, 0.1) is 23.2 Å². The van der Waals surface area contributed by atoms with Crippen molar-refractivity contribution in [1.82, 2.24) is 19.9 Å². The Labute approximate surface area is 177 Å². The van der Waals surface area contributed by atoms with Crippen molar-refractivity contribution in [3.05, 3.63) is 59.8 Å². The van der Waals surface area contributed by atoms with Gasteiger partial charge in [-0.25, -0.2) is 4.98 Å². The lowest BCUT2D eigenvalue weighted by molar-refractivity contribution is 0.0941. The maximum atomic E-state index is 13.0. The van der Waals surface area contributed by atoms with Crippen LogP contribution in [0.1, 0.15) is 60.3 Å². The second-order valence-electron chi connectivity index (χ2n) is 9.03. The van der Waals surface area contributed by atoms with Crippen LogP contribution in [0.3, 0.4) is 0 Å². The summed E-state index contributed by atoms with van der Waals surface area (Å²) in [6, 6.07) is 9.82. The minimum Gasteiger partial charge on any atom is -0.347 e. The predicted octanol–water partition coefficient (Wildman–Crippen LogP) is 4.79. The van der Waals surface area contributed by atoms with E-state index in [1.807, 2.05) is 36.7 Å². The van der Waals surface area contributed by atoms with E-state index in [0.29, 0.717) is 12.3 Å². The van der Waals surface area contributed by atoms with Gasteiger partial charge in [0.1, 0.15) is 0 Å². The molecule has 0 unspecified atom stereocenters. The maximum Gasteiger partial charge on any atom is 0.163 e. The van der Waals surface area contributed by atoms with Gasteiger partial charge >= 0.3 is 0 Å². The molecule has 1 saturated carbocycles. The van der Waals surface area contributed by atoms with Crippen molar-refractivity contribution in [2.75, 3.05) is 13.1 Å². The minimum absolute atomic E-state index is 0.278. The van der Waals surface area contributed by atoms with E-state index in [9.17, 15) is 4.79 Å². The van der Waals surface area contributed by atoms with E-state index in [1.165, 1.54) is 50.0 Å². The molecule has 3 heterocycles. The predicted molar refractivity (Wildman–Crippen MR) is 118 cm³/mol. The lowest BCUT2D eigenvalue weighted by atomic mass is 9.78. The number of H-pyrrole nitrogens is 1. The van der Waals surface area contributed by atoms with E-state index < -0.39 is 0 Å². The standard InChI is InChI=1S/C25H30N4O/c30-25(21-3-1-5-22-20(21)4-2-12-26-22)15-19-8-6-18(7-9-19)10-13-29-14-11-23-24(16-29)28-17-27-23/h1-5,12,17-19H,6-11,13-16H2,(H,27,28). The van der Waals surface area contributed by atoms with Crippen LogP contribution in [0.2, 0.25) is 0 Å². The van der Waals surface area contributed by atoms with Crippen molar-refractivity contribution in [2.24, 2.45) is 11.8 Å². The molecule has 5 heteroatoms. The Hall–Kier alpha value is -2.53. The molecule has 0 saturated heterocycles. The molecule has 2 aliphatic rings. The molecular formula is C25H30N4O. The van der Waals surface area contributed by atoms with E-state index in [0.717, 1.165) is 41.9 Å². The second kappa shape index (κ2) is 8.68. The average molecular weight is 403 g/mol. The van der Waals surface area contributed by atoms with Crippen LogP contribution in [0.15, 0.2) is 42.9 Å². The molecule has 1 aromatic carbocycles. The number of Topliss-reactive ketones (excluding diaryl/α,β-unsaturated/α-hetero) is 1. The number of nitrogens with one attached hydrogen (secondary N) is 1. The molecule has 1 N–H and O–H groups in total. The molecule has 0 bridgehead atoms. The second-order valence-corrected chi connectivity index (χ2v) is 9.03. The van der Waals surface area contributed by atoms with Crippen LogP contribution in [0.25, 0.3) is 10.9 Å². The topological polar surface area (TPSA) is 61.9 Å². The number of hydrogen-bond donors (Lipinski definition) is 1. The van der Waals surface area contributed by atoms with Crippen LogP contribution >= 0.6 is 0 Å². The van der Waals surface area contributed by atoms with Crippen molar-refractivity contribution < 1.29 is 4.79 Å². The highest BCUT2D eigenvalue weighted by Crippen LogP contribution is 2.34. The molecule has 5 rings (SSSR count). The highest BCUT2D eigenvalue weighted by Gasteiger charge is 2.25. The first kappa shape index (κ1) is 19.4. The van der Waals surface area contributed by atoms with Crippen molar-refractivity contribution in [2.45, 2.75) is 51.5 Å².